The van der Waals surface area contributed by atoms with Crippen LogP contribution in [0.2, 0.25) is 0 Å². The minimum Gasteiger partial charge on any atom is -0.461 e. The molecule has 14 heavy (non-hydrogen) atoms. The average Bonchev–Trinajstić information content (AvgIpc) is 2.86. The molecule has 0 aliphatic carbocycles. The molecule has 2 aromatic heterocycles. The minimum absolute atomic E-state index is 0.110. The highest BCUT2D eigenvalue weighted by Gasteiger charge is 2.13. The van der Waals surface area contributed by atoms with Gasteiger partial charge in [0.15, 0.2) is 11.5 Å². The molecular weight excluding hydrogens is 186 g/mol. The topological polar surface area (TPSA) is 94.3 Å². The van der Waals surface area contributed by atoms with Gasteiger partial charge in [-0.1, -0.05) is 5.16 Å². The Kier molecular flexibility index (Phi) is 2.04. The Morgan fingerprint density at radius 1 is 1.50 bits per heavy atom. The SMILES string of the molecule is NNC(=O)c1cc(-c2ccco2)on1. The fourth-order valence-corrected chi connectivity index (χ4v) is 0.991. The molecule has 0 bridgehead atoms. The number of amides is 1. The first-order valence-electron chi connectivity index (χ1n) is 3.83. The predicted molar refractivity (Wildman–Crippen MR) is 45.9 cm³/mol. The third-order valence-corrected chi connectivity index (χ3v) is 1.64. The van der Waals surface area contributed by atoms with E-state index in [4.69, 9.17) is 14.8 Å². The number of carbonyl (C=O) groups is 1. The summed E-state index contributed by atoms with van der Waals surface area (Å²) in [6.45, 7) is 0. The first-order valence-corrected chi connectivity index (χ1v) is 3.83. The lowest BCUT2D eigenvalue weighted by Gasteiger charge is -1.88. The summed E-state index contributed by atoms with van der Waals surface area (Å²) in [6, 6.07) is 4.85. The molecule has 6 nitrogen and oxygen atoms in total. The third kappa shape index (κ3) is 1.38. The van der Waals surface area contributed by atoms with Crippen LogP contribution in [0.4, 0.5) is 0 Å². The summed E-state index contributed by atoms with van der Waals surface area (Å²) in [7, 11) is 0. The van der Waals surface area contributed by atoms with Crippen LogP contribution in [0.3, 0.4) is 0 Å². The van der Waals surface area contributed by atoms with E-state index >= 15 is 0 Å². The number of carbonyl (C=O) groups excluding carboxylic acids is 1. The Labute approximate surface area is 78.6 Å². The van der Waals surface area contributed by atoms with Crippen LogP contribution < -0.4 is 11.3 Å². The monoisotopic (exact) mass is 193 g/mol. The highest BCUT2D eigenvalue weighted by atomic mass is 16.5. The van der Waals surface area contributed by atoms with Gasteiger partial charge < -0.3 is 8.94 Å². The summed E-state index contributed by atoms with van der Waals surface area (Å²) in [6.07, 6.45) is 1.50. The number of hydrogen-bond acceptors (Lipinski definition) is 5. The maximum Gasteiger partial charge on any atom is 0.287 e. The molecule has 0 radical (unpaired) electrons. The summed E-state index contributed by atoms with van der Waals surface area (Å²) in [5.41, 5.74) is 2.06. The molecule has 0 unspecified atom stereocenters. The molecule has 0 spiro atoms. The minimum atomic E-state index is -0.508. The third-order valence-electron chi connectivity index (χ3n) is 1.64. The van der Waals surface area contributed by atoms with Gasteiger partial charge in [-0.3, -0.25) is 10.2 Å². The van der Waals surface area contributed by atoms with E-state index in [9.17, 15) is 4.79 Å². The quantitative estimate of drug-likeness (QED) is 0.412. The van der Waals surface area contributed by atoms with Gasteiger partial charge in [0.05, 0.1) is 6.26 Å². The molecule has 72 valence electrons. The molecule has 2 aromatic rings. The molecular formula is C8H7N3O3. The van der Waals surface area contributed by atoms with Crippen LogP contribution in [0, 0.1) is 0 Å². The molecule has 0 aromatic carbocycles. The van der Waals surface area contributed by atoms with E-state index in [2.05, 4.69) is 5.16 Å². The van der Waals surface area contributed by atoms with Crippen molar-refractivity contribution < 1.29 is 13.7 Å². The molecule has 0 aliphatic rings. The zero-order valence-corrected chi connectivity index (χ0v) is 7.06. The van der Waals surface area contributed by atoms with Gasteiger partial charge in [-0.15, -0.1) is 0 Å². The highest BCUT2D eigenvalue weighted by molar-refractivity contribution is 5.92. The van der Waals surface area contributed by atoms with Gasteiger partial charge in [-0.25, -0.2) is 5.84 Å². The van der Waals surface area contributed by atoms with Crippen molar-refractivity contribution >= 4 is 5.91 Å². The average molecular weight is 193 g/mol. The molecule has 1 amide bonds. The second-order valence-electron chi connectivity index (χ2n) is 2.53. The lowest BCUT2D eigenvalue weighted by atomic mass is 10.3. The summed E-state index contributed by atoms with van der Waals surface area (Å²) >= 11 is 0. The normalized spacial score (nSPS) is 10.1. The number of furan rings is 1. The van der Waals surface area contributed by atoms with E-state index < -0.39 is 5.91 Å². The number of nitrogen functional groups attached to an aromatic ring is 1. The summed E-state index contributed by atoms with van der Waals surface area (Å²) in [4.78, 5) is 11.0. The molecule has 0 saturated heterocycles. The Hall–Kier alpha value is -2.08. The van der Waals surface area contributed by atoms with Gasteiger partial charge in [0.2, 0.25) is 5.76 Å². The van der Waals surface area contributed by atoms with Crippen molar-refractivity contribution in [2.24, 2.45) is 5.84 Å². The fourth-order valence-electron chi connectivity index (χ4n) is 0.991. The van der Waals surface area contributed by atoms with Crippen LogP contribution in [-0.4, -0.2) is 11.1 Å². The van der Waals surface area contributed by atoms with Crippen LogP contribution in [-0.2, 0) is 0 Å². The zero-order chi connectivity index (χ0) is 9.97. The largest absolute Gasteiger partial charge is 0.461 e. The molecule has 0 atom stereocenters. The lowest BCUT2D eigenvalue weighted by molar-refractivity contribution is 0.0944. The van der Waals surface area contributed by atoms with Crippen molar-refractivity contribution in [1.29, 1.82) is 0 Å². The van der Waals surface area contributed by atoms with Crippen LogP contribution in [0.15, 0.2) is 33.4 Å². The number of aromatic nitrogens is 1. The van der Waals surface area contributed by atoms with Crippen molar-refractivity contribution in [3.63, 3.8) is 0 Å². The smallest absolute Gasteiger partial charge is 0.287 e. The van der Waals surface area contributed by atoms with E-state index in [-0.39, 0.29) is 5.69 Å². The van der Waals surface area contributed by atoms with E-state index in [0.29, 0.717) is 11.5 Å². The number of nitrogens with one attached hydrogen (secondary N) is 1. The number of nitrogens with zero attached hydrogens (tertiary/aromatic N) is 1. The van der Waals surface area contributed by atoms with Gasteiger partial charge in [0.1, 0.15) is 0 Å². The maximum absolute atomic E-state index is 11.0. The first-order chi connectivity index (χ1) is 6.81. The molecule has 0 fully saturated rings. The van der Waals surface area contributed by atoms with Gasteiger partial charge in [-0.05, 0) is 12.1 Å². The van der Waals surface area contributed by atoms with Gasteiger partial charge in [0, 0.05) is 6.07 Å². The first kappa shape index (κ1) is 8.52. The number of rotatable bonds is 2. The molecule has 0 aliphatic heterocycles. The Morgan fingerprint density at radius 3 is 3.00 bits per heavy atom. The Bertz CT molecular complexity index is 432. The maximum atomic E-state index is 11.0. The number of hydrogen-bond donors (Lipinski definition) is 2. The fraction of sp³-hybridized carbons (Fsp3) is 0. The van der Waals surface area contributed by atoms with Crippen molar-refractivity contribution in [2.45, 2.75) is 0 Å². The molecule has 3 N–H and O–H groups in total. The predicted octanol–water partition coefficient (Wildman–Crippen LogP) is 0.538. The molecule has 0 saturated carbocycles. The van der Waals surface area contributed by atoms with Crippen LogP contribution >= 0.6 is 0 Å². The summed E-state index contributed by atoms with van der Waals surface area (Å²) in [5.74, 6) is 5.31. The second-order valence-corrected chi connectivity index (χ2v) is 2.53. The van der Waals surface area contributed by atoms with Crippen molar-refractivity contribution in [3.8, 4) is 11.5 Å². The molecule has 2 rings (SSSR count). The standard InChI is InChI=1S/C8H7N3O3/c9-10-8(12)5-4-7(14-11-5)6-2-1-3-13-6/h1-4H,9H2,(H,10,12). The Balaban J connectivity index is 2.31. The highest BCUT2D eigenvalue weighted by Crippen LogP contribution is 2.20. The summed E-state index contributed by atoms with van der Waals surface area (Å²) in [5, 5.41) is 3.52. The Morgan fingerprint density at radius 2 is 2.36 bits per heavy atom. The van der Waals surface area contributed by atoms with Crippen LogP contribution in [0.5, 0.6) is 0 Å². The van der Waals surface area contributed by atoms with Gasteiger partial charge in [0.25, 0.3) is 5.91 Å². The molecule has 2 heterocycles. The summed E-state index contributed by atoms with van der Waals surface area (Å²) < 4.78 is 9.92. The lowest BCUT2D eigenvalue weighted by Crippen LogP contribution is -2.30. The van der Waals surface area contributed by atoms with Gasteiger partial charge >= 0.3 is 0 Å². The van der Waals surface area contributed by atoms with Crippen LogP contribution in [0.1, 0.15) is 10.5 Å². The van der Waals surface area contributed by atoms with Crippen molar-refractivity contribution in [1.82, 2.24) is 10.6 Å². The number of nitrogens with two attached hydrogens (primary N) is 1. The second kappa shape index (κ2) is 3.35. The van der Waals surface area contributed by atoms with E-state index in [1.165, 1.54) is 12.3 Å². The molecule has 6 heteroatoms. The van der Waals surface area contributed by atoms with E-state index in [1.54, 1.807) is 12.1 Å². The zero-order valence-electron chi connectivity index (χ0n) is 7.06. The number of hydrazine groups is 1. The van der Waals surface area contributed by atoms with Gasteiger partial charge in [-0.2, -0.15) is 0 Å². The van der Waals surface area contributed by atoms with E-state index in [0.717, 1.165) is 0 Å². The van der Waals surface area contributed by atoms with E-state index in [1.807, 2.05) is 5.43 Å². The van der Waals surface area contributed by atoms with Crippen molar-refractivity contribution in [2.75, 3.05) is 0 Å². The van der Waals surface area contributed by atoms with Crippen LogP contribution in [0.25, 0.3) is 11.5 Å². The van der Waals surface area contributed by atoms with Crippen molar-refractivity contribution in [3.05, 3.63) is 30.2 Å².